The molecule has 0 spiro atoms. The zero-order chi connectivity index (χ0) is 13.0. The van der Waals surface area contributed by atoms with Gasteiger partial charge in [-0.15, -0.1) is 0 Å². The van der Waals surface area contributed by atoms with E-state index in [0.717, 1.165) is 24.6 Å². The van der Waals surface area contributed by atoms with Gasteiger partial charge < -0.3 is 10.1 Å². The van der Waals surface area contributed by atoms with Gasteiger partial charge in [0.2, 0.25) is 5.88 Å². The van der Waals surface area contributed by atoms with Crippen LogP contribution in [-0.4, -0.2) is 22.6 Å². The van der Waals surface area contributed by atoms with E-state index in [4.69, 9.17) is 4.74 Å². The average molecular weight is 249 g/mol. The fourth-order valence-electron chi connectivity index (χ4n) is 2.48. The molecule has 1 saturated carbocycles. The third-order valence-corrected chi connectivity index (χ3v) is 3.48. The van der Waals surface area contributed by atoms with E-state index in [9.17, 15) is 0 Å². The van der Waals surface area contributed by atoms with Gasteiger partial charge in [0.25, 0.3) is 0 Å². The van der Waals surface area contributed by atoms with Crippen LogP contribution in [0.4, 0.5) is 5.82 Å². The summed E-state index contributed by atoms with van der Waals surface area (Å²) in [5, 5.41) is 3.21. The molecule has 1 aromatic heterocycles. The van der Waals surface area contributed by atoms with Crippen LogP contribution in [0, 0.1) is 12.8 Å². The van der Waals surface area contributed by atoms with Gasteiger partial charge in [0.15, 0.2) is 0 Å². The number of aromatic nitrogens is 2. The van der Waals surface area contributed by atoms with Crippen LogP contribution in [0.2, 0.25) is 0 Å². The van der Waals surface area contributed by atoms with Gasteiger partial charge in [0.1, 0.15) is 17.7 Å². The van der Waals surface area contributed by atoms with Gasteiger partial charge in [0, 0.05) is 12.6 Å². The summed E-state index contributed by atoms with van der Waals surface area (Å²) in [6.45, 7) is 7.08. The molecule has 0 aliphatic heterocycles. The van der Waals surface area contributed by atoms with E-state index in [1.165, 1.54) is 19.3 Å². The third kappa shape index (κ3) is 3.34. The highest BCUT2D eigenvalue weighted by atomic mass is 16.5. The largest absolute Gasteiger partial charge is 0.474 e. The molecule has 0 radical (unpaired) electrons. The standard InChI is InChI=1S/C14H23N3O/c1-4-15-13-9-14(17-11(3)16-13)18-12-8-6-5-7-10(12)2/h9-10,12H,4-8H2,1-3H3,(H,15,16,17). The van der Waals surface area contributed by atoms with Crippen molar-refractivity contribution >= 4 is 5.82 Å². The summed E-state index contributed by atoms with van der Waals surface area (Å²) in [6, 6.07) is 1.90. The maximum Gasteiger partial charge on any atom is 0.218 e. The zero-order valence-electron chi connectivity index (χ0n) is 11.6. The Labute approximate surface area is 109 Å². The van der Waals surface area contributed by atoms with E-state index in [1.807, 2.05) is 13.0 Å². The Morgan fingerprint density at radius 3 is 2.83 bits per heavy atom. The number of nitrogens with zero attached hydrogens (tertiary/aromatic N) is 2. The third-order valence-electron chi connectivity index (χ3n) is 3.48. The number of anilines is 1. The molecule has 0 bridgehead atoms. The molecule has 1 aliphatic carbocycles. The van der Waals surface area contributed by atoms with Gasteiger partial charge in [-0.2, -0.15) is 4.98 Å². The predicted molar refractivity (Wildman–Crippen MR) is 73.0 cm³/mol. The Morgan fingerprint density at radius 1 is 1.33 bits per heavy atom. The molecule has 4 nitrogen and oxygen atoms in total. The van der Waals surface area contributed by atoms with Crippen LogP contribution in [0.1, 0.15) is 45.4 Å². The van der Waals surface area contributed by atoms with Gasteiger partial charge in [-0.05, 0) is 39.0 Å². The topological polar surface area (TPSA) is 47.0 Å². The quantitative estimate of drug-likeness (QED) is 0.890. The molecule has 100 valence electrons. The molecule has 0 saturated heterocycles. The first kappa shape index (κ1) is 13.1. The summed E-state index contributed by atoms with van der Waals surface area (Å²) >= 11 is 0. The summed E-state index contributed by atoms with van der Waals surface area (Å²) in [6.07, 6.45) is 5.30. The molecular formula is C14H23N3O. The number of hydrogen-bond acceptors (Lipinski definition) is 4. The first-order chi connectivity index (χ1) is 8.69. The van der Waals surface area contributed by atoms with E-state index in [-0.39, 0.29) is 0 Å². The molecule has 1 N–H and O–H groups in total. The van der Waals surface area contributed by atoms with E-state index in [1.54, 1.807) is 0 Å². The van der Waals surface area contributed by atoms with Crippen LogP contribution in [-0.2, 0) is 0 Å². The number of aryl methyl sites for hydroxylation is 1. The SMILES string of the molecule is CCNc1cc(OC2CCCCC2C)nc(C)n1. The van der Waals surface area contributed by atoms with Crippen molar-refractivity contribution in [2.75, 3.05) is 11.9 Å². The summed E-state index contributed by atoms with van der Waals surface area (Å²) in [5.41, 5.74) is 0. The van der Waals surface area contributed by atoms with E-state index < -0.39 is 0 Å². The van der Waals surface area contributed by atoms with Crippen molar-refractivity contribution in [1.82, 2.24) is 9.97 Å². The zero-order valence-corrected chi connectivity index (χ0v) is 11.6. The van der Waals surface area contributed by atoms with Gasteiger partial charge >= 0.3 is 0 Å². The number of nitrogens with one attached hydrogen (secondary N) is 1. The van der Waals surface area contributed by atoms with Gasteiger partial charge in [-0.3, -0.25) is 0 Å². The first-order valence-electron chi connectivity index (χ1n) is 6.95. The lowest BCUT2D eigenvalue weighted by atomic mass is 9.88. The number of ether oxygens (including phenoxy) is 1. The van der Waals surface area contributed by atoms with Crippen molar-refractivity contribution in [2.24, 2.45) is 5.92 Å². The highest BCUT2D eigenvalue weighted by molar-refractivity contribution is 5.38. The lowest BCUT2D eigenvalue weighted by Gasteiger charge is -2.28. The molecule has 0 amide bonds. The van der Waals surface area contributed by atoms with Gasteiger partial charge in [0.05, 0.1) is 0 Å². The van der Waals surface area contributed by atoms with Crippen molar-refractivity contribution in [3.63, 3.8) is 0 Å². The Hall–Kier alpha value is -1.32. The Morgan fingerprint density at radius 2 is 2.11 bits per heavy atom. The molecule has 4 heteroatoms. The highest BCUT2D eigenvalue weighted by Gasteiger charge is 2.23. The van der Waals surface area contributed by atoms with Crippen molar-refractivity contribution in [2.45, 2.75) is 52.6 Å². The minimum absolute atomic E-state index is 0.308. The van der Waals surface area contributed by atoms with Crippen molar-refractivity contribution in [1.29, 1.82) is 0 Å². The minimum atomic E-state index is 0.308. The summed E-state index contributed by atoms with van der Waals surface area (Å²) in [7, 11) is 0. The Kier molecular flexibility index (Phi) is 4.39. The van der Waals surface area contributed by atoms with Crippen LogP contribution in [0.5, 0.6) is 5.88 Å². The summed E-state index contributed by atoms with van der Waals surface area (Å²) in [5.74, 6) is 2.93. The van der Waals surface area contributed by atoms with E-state index in [0.29, 0.717) is 17.9 Å². The fraction of sp³-hybridized carbons (Fsp3) is 0.714. The van der Waals surface area contributed by atoms with Crippen LogP contribution in [0.15, 0.2) is 6.07 Å². The van der Waals surface area contributed by atoms with Gasteiger partial charge in [-0.1, -0.05) is 13.3 Å². The maximum atomic E-state index is 6.04. The number of hydrogen-bond donors (Lipinski definition) is 1. The minimum Gasteiger partial charge on any atom is -0.474 e. The molecule has 0 aromatic carbocycles. The molecular weight excluding hydrogens is 226 g/mol. The molecule has 2 rings (SSSR count). The predicted octanol–water partition coefficient (Wildman–Crippen LogP) is 3.17. The van der Waals surface area contributed by atoms with Crippen LogP contribution >= 0.6 is 0 Å². The highest BCUT2D eigenvalue weighted by Crippen LogP contribution is 2.27. The molecule has 1 aliphatic rings. The van der Waals surface area contributed by atoms with Crippen molar-refractivity contribution in [3.05, 3.63) is 11.9 Å². The summed E-state index contributed by atoms with van der Waals surface area (Å²) < 4.78 is 6.04. The first-order valence-corrected chi connectivity index (χ1v) is 6.95. The van der Waals surface area contributed by atoms with Crippen LogP contribution in [0.25, 0.3) is 0 Å². The van der Waals surface area contributed by atoms with Gasteiger partial charge in [-0.25, -0.2) is 4.98 Å². The molecule has 18 heavy (non-hydrogen) atoms. The normalized spacial score (nSPS) is 23.7. The molecule has 1 aromatic rings. The Bertz CT molecular complexity index is 395. The summed E-state index contributed by atoms with van der Waals surface area (Å²) in [4.78, 5) is 8.70. The van der Waals surface area contributed by atoms with Crippen LogP contribution in [0.3, 0.4) is 0 Å². The molecule has 1 heterocycles. The molecule has 2 unspecified atom stereocenters. The Balaban J connectivity index is 2.07. The second-order valence-corrected chi connectivity index (χ2v) is 5.09. The van der Waals surface area contributed by atoms with Crippen molar-refractivity contribution in [3.8, 4) is 5.88 Å². The average Bonchev–Trinajstić information content (AvgIpc) is 2.32. The monoisotopic (exact) mass is 249 g/mol. The smallest absolute Gasteiger partial charge is 0.218 e. The van der Waals surface area contributed by atoms with E-state index >= 15 is 0 Å². The van der Waals surface area contributed by atoms with E-state index in [2.05, 4.69) is 29.1 Å². The molecule has 2 atom stereocenters. The molecule has 1 fully saturated rings. The lowest BCUT2D eigenvalue weighted by Crippen LogP contribution is -2.28. The second-order valence-electron chi connectivity index (χ2n) is 5.09. The van der Waals surface area contributed by atoms with Crippen molar-refractivity contribution < 1.29 is 4.74 Å². The van der Waals surface area contributed by atoms with Crippen LogP contribution < -0.4 is 10.1 Å². The number of rotatable bonds is 4. The maximum absolute atomic E-state index is 6.04. The lowest BCUT2D eigenvalue weighted by molar-refractivity contribution is 0.0973. The fourth-order valence-corrected chi connectivity index (χ4v) is 2.48. The second kappa shape index (κ2) is 6.03.